The Labute approximate surface area is 102 Å². The highest BCUT2D eigenvalue weighted by Gasteiger charge is 2.19. The van der Waals surface area contributed by atoms with Crippen LogP contribution in [0.2, 0.25) is 5.02 Å². The normalized spacial score (nSPS) is 17.8. The predicted octanol–water partition coefficient (Wildman–Crippen LogP) is 2.30. The molecule has 0 bridgehead atoms. The summed E-state index contributed by atoms with van der Waals surface area (Å²) in [4.78, 5) is 6.35. The molecule has 2 rings (SSSR count). The minimum atomic E-state index is 0.750. The molecule has 3 nitrogen and oxygen atoms in total. The first kappa shape index (κ1) is 11.7. The number of piperidine rings is 1. The van der Waals surface area contributed by atoms with Gasteiger partial charge in [0.1, 0.15) is 0 Å². The van der Waals surface area contributed by atoms with Crippen molar-refractivity contribution in [1.82, 2.24) is 4.98 Å². The third-order valence-corrected chi connectivity index (χ3v) is 3.57. The molecule has 1 aromatic rings. The van der Waals surface area contributed by atoms with Gasteiger partial charge < -0.3 is 10.6 Å². The van der Waals surface area contributed by atoms with E-state index in [0.29, 0.717) is 0 Å². The summed E-state index contributed by atoms with van der Waals surface area (Å²) in [5.74, 6) is 0.793. The lowest BCUT2D eigenvalue weighted by molar-refractivity contribution is 0.386. The number of rotatable bonds is 3. The first-order valence-electron chi connectivity index (χ1n) is 5.86. The van der Waals surface area contributed by atoms with Gasteiger partial charge in [0.05, 0.1) is 10.7 Å². The molecule has 1 aliphatic heterocycles. The Kier molecular flexibility index (Phi) is 4.02. The number of pyridine rings is 1. The third-order valence-electron chi connectivity index (χ3n) is 3.28. The molecule has 1 fully saturated rings. The average molecular weight is 240 g/mol. The van der Waals surface area contributed by atoms with Crippen LogP contribution in [0, 0.1) is 5.92 Å². The molecule has 1 aromatic heterocycles. The van der Waals surface area contributed by atoms with Crippen LogP contribution in [0.3, 0.4) is 0 Å². The molecule has 0 radical (unpaired) electrons. The maximum atomic E-state index is 6.13. The number of halogens is 1. The van der Waals surface area contributed by atoms with E-state index in [1.807, 2.05) is 6.07 Å². The van der Waals surface area contributed by atoms with E-state index in [2.05, 4.69) is 9.88 Å². The fourth-order valence-electron chi connectivity index (χ4n) is 2.32. The molecule has 88 valence electrons. The van der Waals surface area contributed by atoms with Gasteiger partial charge in [0.2, 0.25) is 0 Å². The topological polar surface area (TPSA) is 42.1 Å². The van der Waals surface area contributed by atoms with Crippen LogP contribution in [-0.2, 0) is 0 Å². The molecule has 0 saturated carbocycles. The third kappa shape index (κ3) is 2.66. The molecule has 4 heteroatoms. The first-order chi connectivity index (χ1) is 7.81. The van der Waals surface area contributed by atoms with Crippen molar-refractivity contribution >= 4 is 17.3 Å². The van der Waals surface area contributed by atoms with Crippen molar-refractivity contribution in [1.29, 1.82) is 0 Å². The molecule has 16 heavy (non-hydrogen) atoms. The van der Waals surface area contributed by atoms with Gasteiger partial charge >= 0.3 is 0 Å². The summed E-state index contributed by atoms with van der Waals surface area (Å²) < 4.78 is 0. The summed E-state index contributed by atoms with van der Waals surface area (Å²) >= 11 is 6.13. The summed E-state index contributed by atoms with van der Waals surface area (Å²) in [6.45, 7) is 2.96. The minimum Gasteiger partial charge on any atom is -0.370 e. The Morgan fingerprint density at radius 3 is 2.81 bits per heavy atom. The van der Waals surface area contributed by atoms with Gasteiger partial charge in [-0.3, -0.25) is 4.98 Å². The van der Waals surface area contributed by atoms with Crippen molar-refractivity contribution in [2.45, 2.75) is 19.3 Å². The van der Waals surface area contributed by atoms with Gasteiger partial charge in [-0.25, -0.2) is 0 Å². The van der Waals surface area contributed by atoms with E-state index >= 15 is 0 Å². The van der Waals surface area contributed by atoms with Crippen LogP contribution in [0.15, 0.2) is 18.5 Å². The average Bonchev–Trinajstić information content (AvgIpc) is 2.31. The molecular weight excluding hydrogens is 222 g/mol. The van der Waals surface area contributed by atoms with Crippen LogP contribution in [0.25, 0.3) is 0 Å². The van der Waals surface area contributed by atoms with Crippen LogP contribution in [0.1, 0.15) is 19.3 Å². The molecule has 1 saturated heterocycles. The lowest BCUT2D eigenvalue weighted by Gasteiger charge is -2.33. The maximum Gasteiger partial charge on any atom is 0.0822 e. The zero-order chi connectivity index (χ0) is 11.4. The second kappa shape index (κ2) is 5.51. The van der Waals surface area contributed by atoms with Crippen LogP contribution in [-0.4, -0.2) is 24.6 Å². The predicted molar refractivity (Wildman–Crippen MR) is 67.9 cm³/mol. The van der Waals surface area contributed by atoms with Crippen LogP contribution < -0.4 is 10.6 Å². The minimum absolute atomic E-state index is 0.750. The van der Waals surface area contributed by atoms with E-state index in [0.717, 1.165) is 42.7 Å². The Bertz CT molecular complexity index is 335. The molecule has 0 atom stereocenters. The Morgan fingerprint density at radius 1 is 1.44 bits per heavy atom. The van der Waals surface area contributed by atoms with Crippen molar-refractivity contribution in [3.8, 4) is 0 Å². The van der Waals surface area contributed by atoms with Crippen LogP contribution in [0.5, 0.6) is 0 Å². The van der Waals surface area contributed by atoms with Crippen molar-refractivity contribution in [3.63, 3.8) is 0 Å². The molecule has 0 unspecified atom stereocenters. The highest BCUT2D eigenvalue weighted by atomic mass is 35.5. The summed E-state index contributed by atoms with van der Waals surface area (Å²) in [5, 5.41) is 0.750. The molecule has 0 amide bonds. The summed E-state index contributed by atoms with van der Waals surface area (Å²) in [7, 11) is 0. The van der Waals surface area contributed by atoms with E-state index in [-0.39, 0.29) is 0 Å². The second-order valence-corrected chi connectivity index (χ2v) is 4.74. The first-order valence-corrected chi connectivity index (χ1v) is 6.23. The maximum absolute atomic E-state index is 6.13. The van der Waals surface area contributed by atoms with Gasteiger partial charge in [0.15, 0.2) is 0 Å². The largest absolute Gasteiger partial charge is 0.370 e. The Hall–Kier alpha value is -0.800. The molecule has 1 aliphatic rings. The molecule has 0 aliphatic carbocycles. The smallest absolute Gasteiger partial charge is 0.0822 e. The summed E-state index contributed by atoms with van der Waals surface area (Å²) in [5.41, 5.74) is 6.70. The quantitative estimate of drug-likeness (QED) is 0.880. The SMILES string of the molecule is NCCC1CCN(c2ccncc2Cl)CC1. The van der Waals surface area contributed by atoms with Crippen molar-refractivity contribution < 1.29 is 0 Å². The molecular formula is C12H18ClN3. The number of aromatic nitrogens is 1. The van der Waals surface area contributed by atoms with Crippen LogP contribution in [0.4, 0.5) is 5.69 Å². The zero-order valence-corrected chi connectivity index (χ0v) is 10.2. The van der Waals surface area contributed by atoms with Crippen LogP contribution >= 0.6 is 11.6 Å². The van der Waals surface area contributed by atoms with E-state index in [1.165, 1.54) is 12.8 Å². The van der Waals surface area contributed by atoms with Gasteiger partial charge in [0, 0.05) is 25.5 Å². The molecule has 2 heterocycles. The van der Waals surface area contributed by atoms with E-state index in [4.69, 9.17) is 17.3 Å². The fraction of sp³-hybridized carbons (Fsp3) is 0.583. The van der Waals surface area contributed by atoms with Crippen molar-refractivity contribution in [2.24, 2.45) is 11.7 Å². The zero-order valence-electron chi connectivity index (χ0n) is 9.40. The van der Waals surface area contributed by atoms with Gasteiger partial charge in [-0.05, 0) is 37.8 Å². The lowest BCUT2D eigenvalue weighted by atomic mass is 9.93. The number of nitrogens with zero attached hydrogens (tertiary/aromatic N) is 2. The molecule has 2 N–H and O–H groups in total. The molecule has 0 aromatic carbocycles. The fourth-order valence-corrected chi connectivity index (χ4v) is 2.56. The second-order valence-electron chi connectivity index (χ2n) is 4.33. The monoisotopic (exact) mass is 239 g/mol. The Balaban J connectivity index is 1.96. The number of hydrogen-bond acceptors (Lipinski definition) is 3. The van der Waals surface area contributed by atoms with Gasteiger partial charge in [-0.2, -0.15) is 0 Å². The van der Waals surface area contributed by atoms with E-state index < -0.39 is 0 Å². The van der Waals surface area contributed by atoms with E-state index in [1.54, 1.807) is 12.4 Å². The number of anilines is 1. The van der Waals surface area contributed by atoms with Gasteiger partial charge in [-0.15, -0.1) is 0 Å². The Morgan fingerprint density at radius 2 is 2.19 bits per heavy atom. The highest BCUT2D eigenvalue weighted by Crippen LogP contribution is 2.29. The molecule has 0 spiro atoms. The van der Waals surface area contributed by atoms with Gasteiger partial charge in [-0.1, -0.05) is 11.6 Å². The van der Waals surface area contributed by atoms with Crippen molar-refractivity contribution in [2.75, 3.05) is 24.5 Å². The van der Waals surface area contributed by atoms with E-state index in [9.17, 15) is 0 Å². The summed E-state index contributed by atoms with van der Waals surface area (Å²) in [6.07, 6.45) is 7.10. The number of nitrogens with two attached hydrogens (primary N) is 1. The number of hydrogen-bond donors (Lipinski definition) is 1. The highest BCUT2D eigenvalue weighted by molar-refractivity contribution is 6.33. The standard InChI is InChI=1S/C12H18ClN3/c13-11-9-15-6-2-12(11)16-7-3-10(1-5-14)4-8-16/h2,6,9-10H,1,3-5,7-8,14H2. The van der Waals surface area contributed by atoms with Crippen molar-refractivity contribution in [3.05, 3.63) is 23.5 Å². The lowest BCUT2D eigenvalue weighted by Crippen LogP contribution is -2.34. The van der Waals surface area contributed by atoms with Gasteiger partial charge in [0.25, 0.3) is 0 Å². The summed E-state index contributed by atoms with van der Waals surface area (Å²) in [6, 6.07) is 1.99.